The van der Waals surface area contributed by atoms with E-state index in [-0.39, 0.29) is 5.91 Å². The van der Waals surface area contributed by atoms with Gasteiger partial charge >= 0.3 is 0 Å². The standard InChI is InChI=1S/C11H21N3O/c1-9(2)8-13-11(15)5-7-14-6-3-4-10(14)12/h9,12H,3-8H2,1-2H3,(H,13,15). The van der Waals surface area contributed by atoms with E-state index < -0.39 is 0 Å². The fourth-order valence-corrected chi connectivity index (χ4v) is 1.62. The minimum Gasteiger partial charge on any atom is -0.360 e. The van der Waals surface area contributed by atoms with Gasteiger partial charge in [0.25, 0.3) is 0 Å². The van der Waals surface area contributed by atoms with Crippen LogP contribution in [0, 0.1) is 11.3 Å². The Balaban J connectivity index is 2.13. The number of likely N-dealkylation sites (tertiary alicyclic amines) is 1. The third kappa shape index (κ3) is 4.32. The van der Waals surface area contributed by atoms with Crippen LogP contribution in [0.5, 0.6) is 0 Å². The molecule has 0 aliphatic carbocycles. The van der Waals surface area contributed by atoms with Crippen molar-refractivity contribution in [2.24, 2.45) is 5.92 Å². The molecular formula is C11H21N3O. The molecule has 1 amide bonds. The van der Waals surface area contributed by atoms with Crippen molar-refractivity contribution in [3.8, 4) is 0 Å². The summed E-state index contributed by atoms with van der Waals surface area (Å²) < 4.78 is 0. The summed E-state index contributed by atoms with van der Waals surface area (Å²) in [4.78, 5) is 13.4. The molecule has 1 fully saturated rings. The van der Waals surface area contributed by atoms with Crippen LogP contribution >= 0.6 is 0 Å². The number of carbonyl (C=O) groups is 1. The monoisotopic (exact) mass is 211 g/mol. The third-order valence-corrected chi connectivity index (χ3v) is 2.54. The van der Waals surface area contributed by atoms with Gasteiger partial charge in [0.2, 0.25) is 5.91 Å². The fourth-order valence-electron chi connectivity index (χ4n) is 1.62. The summed E-state index contributed by atoms with van der Waals surface area (Å²) in [5.41, 5.74) is 0. The highest BCUT2D eigenvalue weighted by atomic mass is 16.1. The van der Waals surface area contributed by atoms with Crippen molar-refractivity contribution in [3.05, 3.63) is 0 Å². The molecule has 15 heavy (non-hydrogen) atoms. The lowest BCUT2D eigenvalue weighted by atomic mass is 10.2. The summed E-state index contributed by atoms with van der Waals surface area (Å²) in [6.45, 7) is 6.54. The van der Waals surface area contributed by atoms with Gasteiger partial charge in [0.1, 0.15) is 0 Å². The average molecular weight is 211 g/mol. The van der Waals surface area contributed by atoms with Crippen LogP contribution in [0.25, 0.3) is 0 Å². The molecule has 4 nitrogen and oxygen atoms in total. The van der Waals surface area contributed by atoms with Crippen LogP contribution in [-0.2, 0) is 4.79 Å². The number of nitrogens with one attached hydrogen (secondary N) is 2. The Kier molecular flexibility index (Phi) is 4.59. The molecule has 1 aliphatic rings. The van der Waals surface area contributed by atoms with Gasteiger partial charge in [-0.1, -0.05) is 13.8 Å². The molecule has 1 saturated heterocycles. The third-order valence-electron chi connectivity index (χ3n) is 2.54. The van der Waals surface area contributed by atoms with Gasteiger partial charge < -0.3 is 10.2 Å². The molecule has 0 aromatic carbocycles. The number of hydrogen-bond acceptors (Lipinski definition) is 2. The average Bonchev–Trinajstić information content (AvgIpc) is 2.58. The molecule has 0 atom stereocenters. The second-order valence-corrected chi connectivity index (χ2v) is 4.49. The van der Waals surface area contributed by atoms with Crippen LogP contribution in [0.3, 0.4) is 0 Å². The van der Waals surface area contributed by atoms with E-state index in [9.17, 15) is 4.79 Å². The fraction of sp³-hybridized carbons (Fsp3) is 0.818. The first-order chi connectivity index (χ1) is 7.09. The van der Waals surface area contributed by atoms with Crippen molar-refractivity contribution in [2.75, 3.05) is 19.6 Å². The van der Waals surface area contributed by atoms with Crippen molar-refractivity contribution in [3.63, 3.8) is 0 Å². The summed E-state index contributed by atoms with van der Waals surface area (Å²) in [7, 11) is 0. The number of nitrogens with zero attached hydrogens (tertiary/aromatic N) is 1. The van der Waals surface area contributed by atoms with Gasteiger partial charge in [-0.25, -0.2) is 0 Å². The van der Waals surface area contributed by atoms with Gasteiger partial charge in [0, 0.05) is 32.5 Å². The molecule has 0 radical (unpaired) electrons. The van der Waals surface area contributed by atoms with Crippen molar-refractivity contribution >= 4 is 11.7 Å². The Morgan fingerprint density at radius 3 is 2.87 bits per heavy atom. The van der Waals surface area contributed by atoms with E-state index in [0.717, 1.165) is 25.9 Å². The Labute approximate surface area is 91.5 Å². The quantitative estimate of drug-likeness (QED) is 0.718. The molecule has 1 aliphatic heterocycles. The Bertz CT molecular complexity index is 238. The SMILES string of the molecule is CC(C)CNC(=O)CCN1CCCC1=N. The molecular weight excluding hydrogens is 190 g/mol. The smallest absolute Gasteiger partial charge is 0.221 e. The van der Waals surface area contributed by atoms with E-state index in [2.05, 4.69) is 19.2 Å². The lowest BCUT2D eigenvalue weighted by Gasteiger charge is -2.17. The second-order valence-electron chi connectivity index (χ2n) is 4.49. The molecule has 4 heteroatoms. The highest BCUT2D eigenvalue weighted by Gasteiger charge is 2.17. The normalized spacial score (nSPS) is 16.2. The molecule has 1 heterocycles. The predicted molar refractivity (Wildman–Crippen MR) is 61.0 cm³/mol. The van der Waals surface area contributed by atoms with Gasteiger partial charge in [0.05, 0.1) is 5.84 Å². The summed E-state index contributed by atoms with van der Waals surface area (Å²) in [5, 5.41) is 10.5. The Morgan fingerprint density at radius 2 is 2.33 bits per heavy atom. The van der Waals surface area contributed by atoms with Crippen LogP contribution in [0.1, 0.15) is 33.1 Å². The number of carbonyl (C=O) groups excluding carboxylic acids is 1. The highest BCUT2D eigenvalue weighted by molar-refractivity contribution is 5.82. The molecule has 86 valence electrons. The maximum atomic E-state index is 11.4. The highest BCUT2D eigenvalue weighted by Crippen LogP contribution is 2.09. The summed E-state index contributed by atoms with van der Waals surface area (Å²) >= 11 is 0. The molecule has 0 saturated carbocycles. The van der Waals surface area contributed by atoms with E-state index in [1.54, 1.807) is 0 Å². The summed E-state index contributed by atoms with van der Waals surface area (Å²) in [5.74, 6) is 1.29. The van der Waals surface area contributed by atoms with Crippen molar-refractivity contribution in [1.82, 2.24) is 10.2 Å². The van der Waals surface area contributed by atoms with Crippen LogP contribution in [0.4, 0.5) is 0 Å². The van der Waals surface area contributed by atoms with E-state index in [1.807, 2.05) is 4.90 Å². The van der Waals surface area contributed by atoms with E-state index in [4.69, 9.17) is 5.41 Å². The van der Waals surface area contributed by atoms with E-state index >= 15 is 0 Å². The first kappa shape index (κ1) is 12.0. The van der Waals surface area contributed by atoms with Gasteiger partial charge in [-0.05, 0) is 12.3 Å². The van der Waals surface area contributed by atoms with Crippen molar-refractivity contribution in [1.29, 1.82) is 5.41 Å². The van der Waals surface area contributed by atoms with Gasteiger partial charge in [0.15, 0.2) is 0 Å². The second kappa shape index (κ2) is 5.73. The summed E-state index contributed by atoms with van der Waals surface area (Å²) in [6.07, 6.45) is 2.44. The zero-order chi connectivity index (χ0) is 11.3. The van der Waals surface area contributed by atoms with Crippen LogP contribution in [0.2, 0.25) is 0 Å². The number of rotatable bonds is 5. The maximum Gasteiger partial charge on any atom is 0.221 e. The van der Waals surface area contributed by atoms with Crippen LogP contribution < -0.4 is 5.32 Å². The number of amides is 1. The largest absolute Gasteiger partial charge is 0.360 e. The zero-order valence-corrected chi connectivity index (χ0v) is 9.68. The molecule has 2 N–H and O–H groups in total. The first-order valence-electron chi connectivity index (χ1n) is 5.68. The molecule has 0 aromatic rings. The number of hydrogen-bond donors (Lipinski definition) is 2. The minimum atomic E-state index is 0.100. The molecule has 0 spiro atoms. The van der Waals surface area contributed by atoms with Gasteiger partial charge in [-0.15, -0.1) is 0 Å². The Morgan fingerprint density at radius 1 is 1.60 bits per heavy atom. The van der Waals surface area contributed by atoms with Gasteiger partial charge in [-0.3, -0.25) is 10.2 Å². The summed E-state index contributed by atoms with van der Waals surface area (Å²) in [6, 6.07) is 0. The van der Waals surface area contributed by atoms with Crippen LogP contribution in [0.15, 0.2) is 0 Å². The number of amidine groups is 1. The Hall–Kier alpha value is -1.06. The van der Waals surface area contributed by atoms with Crippen LogP contribution in [-0.4, -0.2) is 36.3 Å². The van der Waals surface area contributed by atoms with E-state index in [0.29, 0.717) is 24.7 Å². The van der Waals surface area contributed by atoms with Crippen molar-refractivity contribution in [2.45, 2.75) is 33.1 Å². The molecule has 0 aromatic heterocycles. The molecule has 0 unspecified atom stereocenters. The topological polar surface area (TPSA) is 56.2 Å². The van der Waals surface area contributed by atoms with Crippen molar-refractivity contribution < 1.29 is 4.79 Å². The van der Waals surface area contributed by atoms with Gasteiger partial charge in [-0.2, -0.15) is 0 Å². The molecule has 1 rings (SSSR count). The first-order valence-corrected chi connectivity index (χ1v) is 5.68. The predicted octanol–water partition coefficient (Wildman–Crippen LogP) is 1.22. The lowest BCUT2D eigenvalue weighted by molar-refractivity contribution is -0.121. The van der Waals surface area contributed by atoms with E-state index in [1.165, 1.54) is 0 Å². The maximum absolute atomic E-state index is 11.4. The molecule has 0 bridgehead atoms. The minimum absolute atomic E-state index is 0.100. The zero-order valence-electron chi connectivity index (χ0n) is 9.68. The lowest BCUT2D eigenvalue weighted by Crippen LogP contribution is -2.32.